The van der Waals surface area contributed by atoms with Crippen LogP contribution in [0.4, 0.5) is 0 Å². The molecule has 0 bridgehead atoms. The molecule has 0 aliphatic carbocycles. The minimum atomic E-state index is 0. The van der Waals surface area contributed by atoms with Crippen LogP contribution in [0.25, 0.3) is 0 Å². The van der Waals surface area contributed by atoms with E-state index in [1.807, 2.05) is 0 Å². The second-order valence-electron chi connectivity index (χ2n) is 0.0962. The summed E-state index contributed by atoms with van der Waals surface area (Å²) in [5.74, 6) is 0. The molecule has 0 radical (unpaired) electrons. The molecule has 0 heterocycles. The van der Waals surface area contributed by atoms with E-state index in [0.29, 0.717) is 0 Å². The van der Waals surface area contributed by atoms with Gasteiger partial charge in [-0.1, -0.05) is 0 Å². The van der Waals surface area contributed by atoms with Gasteiger partial charge in [0.2, 0.25) is 0 Å². The van der Waals surface area contributed by atoms with E-state index in [-0.39, 0.29) is 17.1 Å². The van der Waals surface area contributed by atoms with E-state index in [9.17, 15) is 0 Å². The van der Waals surface area contributed by atoms with Crippen molar-refractivity contribution < 1.29 is 41.7 Å². The van der Waals surface area contributed by atoms with Crippen molar-refractivity contribution in [2.45, 2.75) is 0 Å². The largest absolute Gasteiger partial charge is 0 e. The predicted molar refractivity (Wildman–Crippen MR) is 6.75 cm³/mol. The summed E-state index contributed by atoms with van der Waals surface area (Å²) in [5, 5.41) is 0. The SMILES string of the molecule is O=[CH][Mo].[Fe]. The Morgan fingerprint density at radius 2 is 1.75 bits per heavy atom. The van der Waals surface area contributed by atoms with Crippen LogP contribution >= 0.6 is 0 Å². The Morgan fingerprint density at radius 1 is 1.75 bits per heavy atom. The summed E-state index contributed by atoms with van der Waals surface area (Å²) in [6, 6.07) is 0. The maximum atomic E-state index is 8.81. The van der Waals surface area contributed by atoms with Gasteiger partial charge in [0.25, 0.3) is 0 Å². The predicted octanol–water partition coefficient (Wildman–Crippen LogP) is -0.279. The van der Waals surface area contributed by atoms with Crippen molar-refractivity contribution in [3.05, 3.63) is 0 Å². The number of carbonyl (C=O) groups is 1. The van der Waals surface area contributed by atoms with E-state index in [1.165, 1.54) is 19.8 Å². The number of carbonyl (C=O) groups excluding carboxylic acids is 1. The first-order valence-electron chi connectivity index (χ1n) is 0.471. The van der Waals surface area contributed by atoms with Gasteiger partial charge in [-0.2, -0.15) is 0 Å². The Hall–Kier alpha value is 0.878. The minimum absolute atomic E-state index is 0. The van der Waals surface area contributed by atoms with Gasteiger partial charge in [-0.25, -0.2) is 0 Å². The summed E-state index contributed by atoms with van der Waals surface area (Å²) in [5.41, 5.74) is 0. The molecule has 0 aromatic carbocycles. The second kappa shape index (κ2) is 9.11. The molecule has 0 aliphatic rings. The van der Waals surface area contributed by atoms with Gasteiger partial charge >= 0.3 is 29.3 Å². The molecule has 0 aromatic rings. The Kier molecular flexibility index (Phi) is 20.2. The van der Waals surface area contributed by atoms with Gasteiger partial charge in [-0.3, -0.25) is 0 Å². The Balaban J connectivity index is 0. The zero-order valence-corrected chi connectivity index (χ0v) is 4.86. The topological polar surface area (TPSA) is 17.1 Å². The van der Waals surface area contributed by atoms with Crippen molar-refractivity contribution in [2.75, 3.05) is 0 Å². The molecule has 3 heteroatoms. The smallest absolute Gasteiger partial charge is 0 e. The fourth-order valence-corrected chi connectivity index (χ4v) is 0. The fourth-order valence-electron chi connectivity index (χ4n) is 0. The van der Waals surface area contributed by atoms with Gasteiger partial charge in [0.15, 0.2) is 0 Å². The molecule has 4 heavy (non-hydrogen) atoms. The molecule has 0 amide bonds. The first kappa shape index (κ1) is 8.86. The van der Waals surface area contributed by atoms with Crippen molar-refractivity contribution in [1.29, 1.82) is 0 Å². The van der Waals surface area contributed by atoms with Crippen molar-refractivity contribution in [2.24, 2.45) is 0 Å². The van der Waals surface area contributed by atoms with E-state index in [1.54, 1.807) is 0 Å². The maximum absolute atomic E-state index is 8.81. The first-order valence-corrected chi connectivity index (χ1v) is 1.63. The third-order valence-electron chi connectivity index (χ3n) is 0. The molecule has 0 N–H and O–H groups in total. The van der Waals surface area contributed by atoms with E-state index < -0.39 is 0 Å². The second-order valence-corrected chi connectivity index (χ2v) is 0.569. The van der Waals surface area contributed by atoms with Crippen LogP contribution in [0.2, 0.25) is 0 Å². The first-order chi connectivity index (χ1) is 1.41. The normalized spacial score (nSPS) is 3.00. The van der Waals surface area contributed by atoms with Crippen LogP contribution in [0.15, 0.2) is 0 Å². The molecule has 0 spiro atoms. The van der Waals surface area contributed by atoms with Crippen LogP contribution in [-0.4, -0.2) is 4.68 Å². The van der Waals surface area contributed by atoms with Gasteiger partial charge in [0.05, 0.1) is 0 Å². The van der Waals surface area contributed by atoms with Crippen molar-refractivity contribution in [3.8, 4) is 0 Å². The van der Waals surface area contributed by atoms with Gasteiger partial charge in [0.1, 0.15) is 0 Å². The zero-order valence-electron chi connectivity index (χ0n) is 1.75. The van der Waals surface area contributed by atoms with E-state index in [2.05, 4.69) is 0 Å². The summed E-state index contributed by atoms with van der Waals surface area (Å²) in [6.07, 6.45) is 0. The third-order valence-corrected chi connectivity index (χ3v) is 0. The molecular formula is CHFeMoO. The van der Waals surface area contributed by atoms with Crippen molar-refractivity contribution >= 4 is 4.68 Å². The van der Waals surface area contributed by atoms with Crippen LogP contribution in [0.3, 0.4) is 0 Å². The molecule has 0 saturated heterocycles. The van der Waals surface area contributed by atoms with E-state index >= 15 is 0 Å². The Morgan fingerprint density at radius 3 is 1.75 bits per heavy atom. The molecule has 0 aromatic heterocycles. The molecule has 0 aliphatic heterocycles. The standard InChI is InChI=1S/CHO.Fe.Mo/c1-2;;/h1H;;. The van der Waals surface area contributed by atoms with Gasteiger partial charge in [-0.05, 0) is 0 Å². The Labute approximate surface area is 46.5 Å². The zero-order chi connectivity index (χ0) is 2.71. The van der Waals surface area contributed by atoms with E-state index in [4.69, 9.17) is 4.79 Å². The minimum Gasteiger partial charge on any atom is 0 e. The van der Waals surface area contributed by atoms with Gasteiger partial charge in [-0.15, -0.1) is 0 Å². The molecule has 0 saturated carbocycles. The molecular weight excluding hydrogens is 180 g/mol. The molecule has 0 fully saturated rings. The summed E-state index contributed by atoms with van der Waals surface area (Å²) >= 11 is 1.39. The quantitative estimate of drug-likeness (QED) is 0.371. The van der Waals surface area contributed by atoms with E-state index in [0.717, 1.165) is 4.68 Å². The molecule has 1 nitrogen and oxygen atoms in total. The average Bonchev–Trinajstić information content (AvgIpc) is 0.918. The monoisotopic (exact) mass is 183 g/mol. The summed E-state index contributed by atoms with van der Waals surface area (Å²) in [6.45, 7) is 0. The summed E-state index contributed by atoms with van der Waals surface area (Å²) in [7, 11) is 0. The maximum Gasteiger partial charge on any atom is 0 e. The number of hydrogen-bond donors (Lipinski definition) is 0. The molecule has 0 unspecified atom stereocenters. The van der Waals surface area contributed by atoms with Crippen molar-refractivity contribution in [3.63, 3.8) is 0 Å². The fraction of sp³-hybridized carbons (Fsp3) is 0. The Bertz CT molecular complexity index is 15.5. The van der Waals surface area contributed by atoms with Crippen LogP contribution in [0, 0.1) is 0 Å². The molecule has 0 atom stereocenters. The van der Waals surface area contributed by atoms with Gasteiger partial charge in [0, 0.05) is 17.1 Å². The van der Waals surface area contributed by atoms with Gasteiger partial charge < -0.3 is 0 Å². The average molecular weight is 181 g/mol. The van der Waals surface area contributed by atoms with Crippen LogP contribution < -0.4 is 0 Å². The number of hydrogen-bond acceptors (Lipinski definition) is 1. The van der Waals surface area contributed by atoms with Crippen LogP contribution in [0.5, 0.6) is 0 Å². The summed E-state index contributed by atoms with van der Waals surface area (Å²) in [4.78, 5) is 8.81. The van der Waals surface area contributed by atoms with Crippen LogP contribution in [0.1, 0.15) is 0 Å². The van der Waals surface area contributed by atoms with Crippen LogP contribution in [-0.2, 0) is 41.7 Å². The van der Waals surface area contributed by atoms with Crippen molar-refractivity contribution in [1.82, 2.24) is 0 Å². The molecule has 25 valence electrons. The summed E-state index contributed by atoms with van der Waals surface area (Å²) < 4.78 is 0.760. The molecule has 0 rings (SSSR count). The third kappa shape index (κ3) is 13.2. The number of rotatable bonds is 0.